The molecule has 0 aliphatic heterocycles. The van der Waals surface area contributed by atoms with E-state index in [1.807, 2.05) is 5.32 Å². The number of esters is 2. The van der Waals surface area contributed by atoms with Gasteiger partial charge in [0, 0.05) is 0 Å². The van der Waals surface area contributed by atoms with Crippen LogP contribution in [0.1, 0.15) is 26.3 Å². The van der Waals surface area contributed by atoms with Gasteiger partial charge in [-0.15, -0.1) is 0 Å². The van der Waals surface area contributed by atoms with E-state index in [4.69, 9.17) is 18.9 Å². The molecule has 0 spiro atoms. The summed E-state index contributed by atoms with van der Waals surface area (Å²) in [5.41, 5.74) is -2.35. The highest BCUT2D eigenvalue weighted by Crippen LogP contribution is 2.34. The number of carboxylic acids is 1. The van der Waals surface area contributed by atoms with Crippen LogP contribution in [0.25, 0.3) is 0 Å². The minimum absolute atomic E-state index is 0.175. The van der Waals surface area contributed by atoms with E-state index in [1.165, 1.54) is 68.8 Å². The standard InChI is InChI=1S/C27H22F3NO9/c1-37-17-9-5-7-15(13-17)25(35)39-21(23(32)31-20-12-4-3-11-19(20)27(28,29)30)22(24(33)34)40-26(36)16-8-6-10-18(14-16)38-2/h3-14,21-22H,1-2H3,(H,31,32)(H,33,34)/t21-,22-/m1/s1. The molecule has 13 heteroatoms. The van der Waals surface area contributed by atoms with E-state index in [1.54, 1.807) is 0 Å². The van der Waals surface area contributed by atoms with E-state index >= 15 is 0 Å². The third kappa shape index (κ3) is 7.28. The molecule has 0 saturated heterocycles. The van der Waals surface area contributed by atoms with Crippen molar-refractivity contribution >= 4 is 29.5 Å². The minimum Gasteiger partial charge on any atom is -0.497 e. The van der Waals surface area contributed by atoms with Gasteiger partial charge < -0.3 is 29.4 Å². The molecule has 0 aliphatic carbocycles. The number of halogens is 3. The van der Waals surface area contributed by atoms with Gasteiger partial charge in [-0.05, 0) is 48.5 Å². The monoisotopic (exact) mass is 561 g/mol. The quantitative estimate of drug-likeness (QED) is 0.349. The molecule has 3 rings (SSSR count). The fourth-order valence-electron chi connectivity index (χ4n) is 3.40. The number of anilines is 1. The number of amides is 1. The highest BCUT2D eigenvalue weighted by atomic mass is 19.4. The van der Waals surface area contributed by atoms with Gasteiger partial charge >= 0.3 is 24.1 Å². The molecule has 0 saturated carbocycles. The average Bonchev–Trinajstić information content (AvgIpc) is 2.94. The van der Waals surface area contributed by atoms with Gasteiger partial charge in [-0.1, -0.05) is 24.3 Å². The number of rotatable bonds is 10. The largest absolute Gasteiger partial charge is 0.497 e. The zero-order chi connectivity index (χ0) is 29.4. The van der Waals surface area contributed by atoms with E-state index in [-0.39, 0.29) is 22.6 Å². The Bertz CT molecular complexity index is 1410. The van der Waals surface area contributed by atoms with E-state index in [2.05, 4.69) is 0 Å². The van der Waals surface area contributed by atoms with Crippen LogP contribution < -0.4 is 14.8 Å². The van der Waals surface area contributed by atoms with Crippen molar-refractivity contribution in [2.75, 3.05) is 19.5 Å². The maximum absolute atomic E-state index is 13.5. The number of carboxylic acid groups (broad SMARTS) is 1. The van der Waals surface area contributed by atoms with E-state index < -0.39 is 53.5 Å². The van der Waals surface area contributed by atoms with Gasteiger partial charge in [0.25, 0.3) is 5.91 Å². The lowest BCUT2D eigenvalue weighted by Gasteiger charge is -2.24. The fourth-order valence-corrected chi connectivity index (χ4v) is 3.40. The first kappa shape index (κ1) is 29.5. The maximum Gasteiger partial charge on any atom is 0.418 e. The van der Waals surface area contributed by atoms with Gasteiger partial charge in [0.05, 0.1) is 36.6 Å². The molecule has 0 radical (unpaired) electrons. The normalized spacial score (nSPS) is 12.4. The first-order valence-electron chi connectivity index (χ1n) is 11.3. The Balaban J connectivity index is 1.99. The molecule has 0 fully saturated rings. The Labute approximate surface area is 225 Å². The zero-order valence-electron chi connectivity index (χ0n) is 20.9. The molecule has 3 aromatic rings. The SMILES string of the molecule is COc1cccc(C(=O)O[C@@H](C(=O)O)[C@@H](OC(=O)c2cccc(OC)c2)C(=O)Nc2ccccc2C(F)(F)F)c1. The van der Waals surface area contributed by atoms with Crippen molar-refractivity contribution in [2.24, 2.45) is 0 Å². The number of methoxy groups -OCH3 is 2. The number of para-hydroxylation sites is 1. The number of nitrogens with one attached hydrogen (secondary N) is 1. The van der Waals surface area contributed by atoms with Crippen LogP contribution in [0.5, 0.6) is 11.5 Å². The van der Waals surface area contributed by atoms with Crippen LogP contribution in [-0.2, 0) is 25.2 Å². The van der Waals surface area contributed by atoms with E-state index in [9.17, 15) is 37.5 Å². The number of hydrogen-bond donors (Lipinski definition) is 2. The van der Waals surface area contributed by atoms with Gasteiger partial charge in [0.2, 0.25) is 12.2 Å². The summed E-state index contributed by atoms with van der Waals surface area (Å²) in [6, 6.07) is 14.6. The lowest BCUT2D eigenvalue weighted by molar-refractivity contribution is -0.157. The molecule has 40 heavy (non-hydrogen) atoms. The Kier molecular flexibility index (Phi) is 9.33. The predicted molar refractivity (Wildman–Crippen MR) is 132 cm³/mol. The van der Waals surface area contributed by atoms with Gasteiger partial charge in [-0.25, -0.2) is 14.4 Å². The van der Waals surface area contributed by atoms with Crippen molar-refractivity contribution in [1.29, 1.82) is 0 Å². The molecule has 2 N–H and O–H groups in total. The van der Waals surface area contributed by atoms with Gasteiger partial charge in [-0.2, -0.15) is 13.2 Å². The number of aliphatic carboxylic acids is 1. The lowest BCUT2D eigenvalue weighted by Crippen LogP contribution is -2.48. The summed E-state index contributed by atoms with van der Waals surface area (Å²) in [4.78, 5) is 51.0. The van der Waals surface area contributed by atoms with Crippen LogP contribution >= 0.6 is 0 Å². The second kappa shape index (κ2) is 12.7. The molecule has 0 bridgehead atoms. The molecule has 0 aromatic heterocycles. The highest BCUT2D eigenvalue weighted by Gasteiger charge is 2.42. The van der Waals surface area contributed by atoms with Crippen LogP contribution in [0.15, 0.2) is 72.8 Å². The van der Waals surface area contributed by atoms with E-state index in [0.29, 0.717) is 6.07 Å². The third-order valence-corrected chi connectivity index (χ3v) is 5.35. The van der Waals surface area contributed by atoms with Crippen LogP contribution in [-0.4, -0.2) is 55.3 Å². The summed E-state index contributed by atoms with van der Waals surface area (Å²) < 4.78 is 60.6. The molecule has 0 unspecified atom stereocenters. The average molecular weight is 561 g/mol. The third-order valence-electron chi connectivity index (χ3n) is 5.35. The highest BCUT2D eigenvalue weighted by molar-refractivity contribution is 6.02. The van der Waals surface area contributed by atoms with Gasteiger partial charge in [0.15, 0.2) is 0 Å². The molecule has 0 aliphatic rings. The minimum atomic E-state index is -4.89. The first-order chi connectivity index (χ1) is 18.9. The fraction of sp³-hybridized carbons (Fsp3) is 0.185. The molecule has 0 heterocycles. The second-order valence-electron chi connectivity index (χ2n) is 7.99. The van der Waals surface area contributed by atoms with E-state index in [0.717, 1.165) is 12.1 Å². The summed E-state index contributed by atoms with van der Waals surface area (Å²) in [5.74, 6) is -5.46. The summed E-state index contributed by atoms with van der Waals surface area (Å²) in [6.07, 6.45) is -9.78. The number of carbonyl (C=O) groups is 4. The molecule has 2 atom stereocenters. The number of carbonyl (C=O) groups excluding carboxylic acids is 3. The van der Waals surface area contributed by atoms with Crippen LogP contribution in [0.3, 0.4) is 0 Å². The molecule has 10 nitrogen and oxygen atoms in total. The van der Waals surface area contributed by atoms with Gasteiger partial charge in [-0.3, -0.25) is 4.79 Å². The van der Waals surface area contributed by atoms with Crippen LogP contribution in [0, 0.1) is 0 Å². The zero-order valence-corrected chi connectivity index (χ0v) is 20.9. The van der Waals surface area contributed by atoms with Crippen molar-refractivity contribution < 1.29 is 56.4 Å². The second-order valence-corrected chi connectivity index (χ2v) is 7.99. The van der Waals surface area contributed by atoms with Crippen molar-refractivity contribution in [2.45, 2.75) is 18.4 Å². The summed E-state index contributed by atoms with van der Waals surface area (Å²) in [5, 5.41) is 11.8. The maximum atomic E-state index is 13.5. The van der Waals surface area contributed by atoms with Gasteiger partial charge in [0.1, 0.15) is 11.5 Å². The predicted octanol–water partition coefficient (Wildman–Crippen LogP) is 4.20. The Morgan fingerprint density at radius 1 is 0.750 bits per heavy atom. The Hall–Kier alpha value is -5.07. The number of alkyl halides is 3. The Morgan fingerprint density at radius 2 is 1.25 bits per heavy atom. The number of hydrogen-bond acceptors (Lipinski definition) is 8. The van der Waals surface area contributed by atoms with Crippen LogP contribution in [0.4, 0.5) is 18.9 Å². The Morgan fingerprint density at radius 3 is 1.73 bits per heavy atom. The van der Waals surface area contributed by atoms with Crippen molar-refractivity contribution in [3.8, 4) is 11.5 Å². The summed E-state index contributed by atoms with van der Waals surface area (Å²) in [7, 11) is 2.64. The molecular weight excluding hydrogens is 539 g/mol. The smallest absolute Gasteiger partial charge is 0.418 e. The molecule has 3 aromatic carbocycles. The number of benzene rings is 3. The topological polar surface area (TPSA) is 137 Å². The first-order valence-corrected chi connectivity index (χ1v) is 11.3. The summed E-state index contributed by atoms with van der Waals surface area (Å²) >= 11 is 0. The van der Waals surface area contributed by atoms with Crippen molar-refractivity contribution in [1.82, 2.24) is 0 Å². The number of ether oxygens (including phenoxy) is 4. The molecule has 1 amide bonds. The summed E-state index contributed by atoms with van der Waals surface area (Å²) in [6.45, 7) is 0. The molecule has 210 valence electrons. The lowest BCUT2D eigenvalue weighted by atomic mass is 10.1. The van der Waals surface area contributed by atoms with Crippen LogP contribution in [0.2, 0.25) is 0 Å². The van der Waals surface area contributed by atoms with Crippen molar-refractivity contribution in [3.63, 3.8) is 0 Å². The van der Waals surface area contributed by atoms with Crippen molar-refractivity contribution in [3.05, 3.63) is 89.5 Å². The molecular formula is C27H22F3NO9.